The van der Waals surface area contributed by atoms with Crippen molar-refractivity contribution in [2.75, 3.05) is 32.4 Å². The lowest BCUT2D eigenvalue weighted by Crippen LogP contribution is -2.51. The molecule has 1 saturated heterocycles. The smallest absolute Gasteiger partial charge is 0.179 e. The summed E-state index contributed by atoms with van der Waals surface area (Å²) in [4.78, 5) is 2.54. The highest BCUT2D eigenvalue weighted by atomic mass is 79.9. The zero-order chi connectivity index (χ0) is 13.2. The van der Waals surface area contributed by atoms with Crippen molar-refractivity contribution in [3.8, 4) is 0 Å². The Morgan fingerprint density at radius 2 is 2.06 bits per heavy atom. The Labute approximate surface area is 116 Å². The van der Waals surface area contributed by atoms with Crippen LogP contribution in [0.2, 0.25) is 0 Å². The van der Waals surface area contributed by atoms with Crippen LogP contribution in [0.15, 0.2) is 33.6 Å². The lowest BCUT2D eigenvalue weighted by atomic mass is 10.2. The van der Waals surface area contributed by atoms with Gasteiger partial charge in [-0.05, 0) is 31.3 Å². The van der Waals surface area contributed by atoms with Crippen molar-refractivity contribution in [3.63, 3.8) is 0 Å². The van der Waals surface area contributed by atoms with Crippen molar-refractivity contribution >= 4 is 25.8 Å². The second-order valence-electron chi connectivity index (χ2n) is 4.65. The van der Waals surface area contributed by atoms with Crippen LogP contribution < -0.4 is 5.32 Å². The number of halogens is 1. The molecule has 0 aromatic heterocycles. The molecule has 0 aliphatic carbocycles. The fourth-order valence-corrected chi connectivity index (χ4v) is 3.87. The number of rotatable bonds is 3. The first kappa shape index (κ1) is 14.0. The average Bonchev–Trinajstić information content (AvgIpc) is 2.29. The molecule has 0 saturated carbocycles. The highest BCUT2D eigenvalue weighted by Gasteiger charge is 2.24. The molecule has 100 valence electrons. The summed E-state index contributed by atoms with van der Waals surface area (Å²) in [5.41, 5.74) is 0. The SMILES string of the molecule is CN1CCNC(CS(=O)(=O)c2ccc(Br)cc2)C1. The van der Waals surface area contributed by atoms with E-state index < -0.39 is 9.84 Å². The van der Waals surface area contributed by atoms with E-state index in [1.165, 1.54) is 0 Å². The van der Waals surface area contributed by atoms with Gasteiger partial charge in [-0.25, -0.2) is 8.42 Å². The molecule has 1 aliphatic heterocycles. The quantitative estimate of drug-likeness (QED) is 0.901. The van der Waals surface area contributed by atoms with Crippen molar-refractivity contribution in [1.82, 2.24) is 10.2 Å². The average molecular weight is 333 g/mol. The molecule has 1 unspecified atom stereocenters. The van der Waals surface area contributed by atoms with Gasteiger partial charge in [0, 0.05) is 30.1 Å². The lowest BCUT2D eigenvalue weighted by Gasteiger charge is -2.30. The standard InChI is InChI=1S/C12H17BrN2O2S/c1-15-7-6-14-11(8-15)9-18(16,17)12-4-2-10(13)3-5-12/h2-5,11,14H,6-9H2,1H3. The molecular formula is C12H17BrN2O2S. The molecule has 1 aromatic carbocycles. The molecule has 0 radical (unpaired) electrons. The van der Waals surface area contributed by atoms with Crippen LogP contribution in [0.25, 0.3) is 0 Å². The molecule has 0 bridgehead atoms. The number of sulfone groups is 1. The number of likely N-dealkylation sites (N-methyl/N-ethyl adjacent to an activating group) is 1. The zero-order valence-corrected chi connectivity index (χ0v) is 12.7. The maximum Gasteiger partial charge on any atom is 0.179 e. The summed E-state index contributed by atoms with van der Waals surface area (Å²) in [6.45, 7) is 2.58. The molecule has 1 N–H and O–H groups in total. The Morgan fingerprint density at radius 1 is 1.39 bits per heavy atom. The van der Waals surface area contributed by atoms with Gasteiger partial charge in [-0.15, -0.1) is 0 Å². The van der Waals surface area contributed by atoms with Crippen LogP contribution in [-0.2, 0) is 9.84 Å². The van der Waals surface area contributed by atoms with E-state index in [0.717, 1.165) is 24.1 Å². The Bertz CT molecular complexity index is 501. The van der Waals surface area contributed by atoms with Gasteiger partial charge in [0.25, 0.3) is 0 Å². The monoisotopic (exact) mass is 332 g/mol. The van der Waals surface area contributed by atoms with E-state index in [1.807, 2.05) is 7.05 Å². The van der Waals surface area contributed by atoms with Gasteiger partial charge in [0.2, 0.25) is 0 Å². The Balaban J connectivity index is 2.09. The first-order valence-corrected chi connectivity index (χ1v) is 8.32. The first-order valence-electron chi connectivity index (χ1n) is 5.87. The fourth-order valence-electron chi connectivity index (χ4n) is 2.11. The largest absolute Gasteiger partial charge is 0.310 e. The van der Waals surface area contributed by atoms with E-state index in [9.17, 15) is 8.42 Å². The third-order valence-corrected chi connectivity index (χ3v) is 5.41. The van der Waals surface area contributed by atoms with Crippen LogP contribution in [0.1, 0.15) is 0 Å². The van der Waals surface area contributed by atoms with Gasteiger partial charge in [0.05, 0.1) is 10.6 Å². The van der Waals surface area contributed by atoms with Crippen molar-refractivity contribution in [3.05, 3.63) is 28.7 Å². The number of nitrogens with zero attached hydrogens (tertiary/aromatic N) is 1. The maximum absolute atomic E-state index is 12.2. The molecule has 1 heterocycles. The van der Waals surface area contributed by atoms with Crippen molar-refractivity contribution in [2.45, 2.75) is 10.9 Å². The van der Waals surface area contributed by atoms with Gasteiger partial charge in [0.1, 0.15) is 0 Å². The van der Waals surface area contributed by atoms with Crippen molar-refractivity contribution in [2.24, 2.45) is 0 Å². The van der Waals surface area contributed by atoms with Gasteiger partial charge in [-0.2, -0.15) is 0 Å². The molecule has 18 heavy (non-hydrogen) atoms. The van der Waals surface area contributed by atoms with Crippen LogP contribution in [0.4, 0.5) is 0 Å². The Hall–Kier alpha value is -0.430. The van der Waals surface area contributed by atoms with E-state index in [1.54, 1.807) is 24.3 Å². The van der Waals surface area contributed by atoms with E-state index in [4.69, 9.17) is 0 Å². The number of nitrogens with one attached hydrogen (secondary N) is 1. The van der Waals surface area contributed by atoms with Crippen LogP contribution in [0.5, 0.6) is 0 Å². The minimum absolute atomic E-state index is 0.0115. The first-order chi connectivity index (χ1) is 8.47. The third-order valence-electron chi connectivity index (χ3n) is 3.05. The summed E-state index contributed by atoms with van der Waals surface area (Å²) >= 11 is 3.30. The van der Waals surface area contributed by atoms with E-state index in [2.05, 4.69) is 26.1 Å². The molecule has 0 amide bonds. The predicted octanol–water partition coefficient (Wildman–Crippen LogP) is 1.13. The van der Waals surface area contributed by atoms with Gasteiger partial charge in [-0.1, -0.05) is 15.9 Å². The third kappa shape index (κ3) is 3.54. The van der Waals surface area contributed by atoms with Crippen molar-refractivity contribution in [1.29, 1.82) is 0 Å². The highest BCUT2D eigenvalue weighted by molar-refractivity contribution is 9.10. The molecule has 4 nitrogen and oxygen atoms in total. The van der Waals surface area contributed by atoms with Crippen LogP contribution >= 0.6 is 15.9 Å². The molecule has 1 fully saturated rings. The van der Waals surface area contributed by atoms with Gasteiger partial charge in [0.15, 0.2) is 9.84 Å². The van der Waals surface area contributed by atoms with Crippen LogP contribution in [-0.4, -0.2) is 51.8 Å². The Kier molecular flexibility index (Phi) is 4.42. The normalized spacial score (nSPS) is 22.0. The van der Waals surface area contributed by atoms with Crippen LogP contribution in [0.3, 0.4) is 0 Å². The summed E-state index contributed by atoms with van der Waals surface area (Å²) in [6.07, 6.45) is 0. The summed E-state index contributed by atoms with van der Waals surface area (Å²) in [5, 5.41) is 3.26. The highest BCUT2D eigenvalue weighted by Crippen LogP contribution is 2.17. The number of piperazine rings is 1. The second-order valence-corrected chi connectivity index (χ2v) is 7.60. The molecule has 1 aromatic rings. The minimum Gasteiger partial charge on any atom is -0.310 e. The number of benzene rings is 1. The van der Waals surface area contributed by atoms with Gasteiger partial charge >= 0.3 is 0 Å². The summed E-state index contributed by atoms with van der Waals surface area (Å²) in [6, 6.07) is 6.82. The minimum atomic E-state index is -3.21. The number of hydrogen-bond acceptors (Lipinski definition) is 4. The zero-order valence-electron chi connectivity index (χ0n) is 10.3. The Morgan fingerprint density at radius 3 is 2.67 bits per heavy atom. The maximum atomic E-state index is 12.2. The molecule has 1 atom stereocenters. The molecule has 2 rings (SSSR count). The van der Waals surface area contributed by atoms with E-state index in [0.29, 0.717) is 4.90 Å². The van der Waals surface area contributed by atoms with Gasteiger partial charge in [-0.3, -0.25) is 0 Å². The number of hydrogen-bond donors (Lipinski definition) is 1. The summed E-state index contributed by atoms with van der Waals surface area (Å²) in [7, 11) is -1.20. The topological polar surface area (TPSA) is 49.4 Å². The van der Waals surface area contributed by atoms with E-state index >= 15 is 0 Å². The fraction of sp³-hybridized carbons (Fsp3) is 0.500. The van der Waals surface area contributed by atoms with E-state index in [-0.39, 0.29) is 11.8 Å². The van der Waals surface area contributed by atoms with Crippen LogP contribution in [0, 0.1) is 0 Å². The van der Waals surface area contributed by atoms with Gasteiger partial charge < -0.3 is 10.2 Å². The summed E-state index contributed by atoms with van der Waals surface area (Å²) < 4.78 is 25.4. The molecular weight excluding hydrogens is 316 g/mol. The van der Waals surface area contributed by atoms with Crippen molar-refractivity contribution < 1.29 is 8.42 Å². The second kappa shape index (κ2) is 5.69. The molecule has 0 spiro atoms. The molecule has 6 heteroatoms. The molecule has 1 aliphatic rings. The predicted molar refractivity (Wildman–Crippen MR) is 75.5 cm³/mol. The summed E-state index contributed by atoms with van der Waals surface area (Å²) in [5.74, 6) is 0.152. The lowest BCUT2D eigenvalue weighted by molar-refractivity contribution is 0.249.